The van der Waals surface area contributed by atoms with Crippen LogP contribution < -0.4 is 5.32 Å². The third kappa shape index (κ3) is 3.29. The summed E-state index contributed by atoms with van der Waals surface area (Å²) in [6.45, 7) is 4.20. The fourth-order valence-corrected chi connectivity index (χ4v) is 4.03. The van der Waals surface area contributed by atoms with Gasteiger partial charge in [0, 0.05) is 12.2 Å². The molecule has 22 heavy (non-hydrogen) atoms. The van der Waals surface area contributed by atoms with Crippen molar-refractivity contribution in [1.29, 1.82) is 0 Å². The molecule has 2 heterocycles. The highest BCUT2D eigenvalue weighted by Crippen LogP contribution is 2.29. The summed E-state index contributed by atoms with van der Waals surface area (Å²) in [5.74, 6) is 0.419. The molecule has 3 rings (SSSR count). The van der Waals surface area contributed by atoms with Crippen LogP contribution in [0.2, 0.25) is 0 Å². The van der Waals surface area contributed by atoms with Crippen molar-refractivity contribution in [2.45, 2.75) is 56.0 Å². The Kier molecular flexibility index (Phi) is 4.71. The van der Waals surface area contributed by atoms with Crippen LogP contribution in [0.1, 0.15) is 39.5 Å². The van der Waals surface area contributed by atoms with Crippen LogP contribution in [0.25, 0.3) is 5.52 Å². The molecule has 0 aliphatic heterocycles. The molecular weight excluding hydrogens is 294 g/mol. The minimum atomic E-state index is -0.105. The number of thioether (sulfide) groups is 1. The van der Waals surface area contributed by atoms with Crippen LogP contribution in [-0.4, -0.2) is 26.6 Å². The number of aromatic nitrogens is 2. The van der Waals surface area contributed by atoms with Gasteiger partial charge in [-0.3, -0.25) is 9.20 Å². The maximum absolute atomic E-state index is 12.6. The van der Waals surface area contributed by atoms with Crippen molar-refractivity contribution >= 4 is 23.2 Å². The number of nitrogens with one attached hydrogen (secondary N) is 1. The van der Waals surface area contributed by atoms with Crippen molar-refractivity contribution in [3.8, 4) is 0 Å². The van der Waals surface area contributed by atoms with Gasteiger partial charge in [0.25, 0.3) is 0 Å². The Morgan fingerprint density at radius 3 is 2.86 bits per heavy atom. The van der Waals surface area contributed by atoms with Gasteiger partial charge in [0.1, 0.15) is 0 Å². The molecule has 1 aliphatic carbocycles. The van der Waals surface area contributed by atoms with Gasteiger partial charge in [-0.05, 0) is 30.9 Å². The van der Waals surface area contributed by atoms with E-state index in [4.69, 9.17) is 0 Å². The fourth-order valence-electron chi connectivity index (χ4n) is 2.97. The summed E-state index contributed by atoms with van der Waals surface area (Å²) in [6, 6.07) is 6.38. The zero-order valence-electron chi connectivity index (χ0n) is 13.2. The van der Waals surface area contributed by atoms with Gasteiger partial charge in [-0.2, -0.15) is 0 Å². The topological polar surface area (TPSA) is 46.4 Å². The quantitative estimate of drug-likeness (QED) is 0.858. The second-order valence-corrected chi connectivity index (χ2v) is 7.42. The van der Waals surface area contributed by atoms with Gasteiger partial charge in [-0.25, -0.2) is 4.98 Å². The van der Waals surface area contributed by atoms with Crippen LogP contribution in [0.15, 0.2) is 35.7 Å². The lowest BCUT2D eigenvalue weighted by molar-refractivity contribution is -0.121. The first-order chi connectivity index (χ1) is 10.6. The molecule has 0 unspecified atom stereocenters. The monoisotopic (exact) mass is 317 g/mol. The number of carbonyl (C=O) groups excluding carboxylic acids is 1. The third-order valence-corrected chi connectivity index (χ3v) is 5.73. The average molecular weight is 317 g/mol. The molecule has 0 aromatic carbocycles. The van der Waals surface area contributed by atoms with E-state index in [2.05, 4.69) is 24.1 Å². The Morgan fingerprint density at radius 2 is 2.14 bits per heavy atom. The van der Waals surface area contributed by atoms with E-state index in [-0.39, 0.29) is 17.1 Å². The van der Waals surface area contributed by atoms with E-state index in [1.807, 2.05) is 35.0 Å². The molecular formula is C17H23N3OS. The van der Waals surface area contributed by atoms with Crippen molar-refractivity contribution in [3.63, 3.8) is 0 Å². The number of fused-ring (bicyclic) bond motifs is 1. The van der Waals surface area contributed by atoms with Crippen LogP contribution in [0.3, 0.4) is 0 Å². The highest BCUT2D eigenvalue weighted by atomic mass is 32.2. The molecule has 5 heteroatoms. The summed E-state index contributed by atoms with van der Waals surface area (Å²) in [6.07, 6.45) is 8.55. The lowest BCUT2D eigenvalue weighted by Crippen LogP contribution is -2.41. The second kappa shape index (κ2) is 6.73. The van der Waals surface area contributed by atoms with Crippen LogP contribution in [0, 0.1) is 5.92 Å². The molecule has 0 bridgehead atoms. The summed E-state index contributed by atoms with van der Waals surface area (Å²) in [5.41, 5.74) is 1.06. The van der Waals surface area contributed by atoms with Crippen molar-refractivity contribution < 1.29 is 4.79 Å². The first kappa shape index (κ1) is 15.4. The lowest BCUT2D eigenvalue weighted by atomic mass is 10.1. The zero-order valence-corrected chi connectivity index (χ0v) is 14.0. The SMILES string of the molecule is CC(C)[C@@H](Sc1ncc2ccccn12)C(=O)NC1CCCC1. The molecule has 1 saturated carbocycles. The molecule has 1 aliphatic rings. The van der Waals surface area contributed by atoms with Crippen LogP contribution in [-0.2, 0) is 4.79 Å². The molecule has 1 N–H and O–H groups in total. The maximum atomic E-state index is 12.6. The average Bonchev–Trinajstić information content (AvgIpc) is 3.14. The van der Waals surface area contributed by atoms with E-state index < -0.39 is 0 Å². The summed E-state index contributed by atoms with van der Waals surface area (Å²) in [5, 5.41) is 4.00. The number of amides is 1. The Bertz CT molecular complexity index is 646. The Balaban J connectivity index is 1.74. The van der Waals surface area contributed by atoms with Gasteiger partial charge in [0.2, 0.25) is 5.91 Å². The first-order valence-corrected chi connectivity index (χ1v) is 8.92. The van der Waals surface area contributed by atoms with E-state index in [1.165, 1.54) is 12.8 Å². The third-order valence-electron chi connectivity index (χ3n) is 4.20. The van der Waals surface area contributed by atoms with Gasteiger partial charge in [-0.1, -0.05) is 44.5 Å². The highest BCUT2D eigenvalue weighted by Gasteiger charge is 2.28. The van der Waals surface area contributed by atoms with Crippen molar-refractivity contribution in [1.82, 2.24) is 14.7 Å². The summed E-state index contributed by atoms with van der Waals surface area (Å²) in [4.78, 5) is 17.1. The highest BCUT2D eigenvalue weighted by molar-refractivity contribution is 8.00. The standard InChI is InChI=1S/C17H23N3OS/c1-12(2)15(16(21)19-13-7-3-4-8-13)22-17-18-11-14-9-5-6-10-20(14)17/h5-6,9-13,15H,3-4,7-8H2,1-2H3,(H,19,21)/t15-/m1/s1. The minimum absolute atomic E-state index is 0.105. The Morgan fingerprint density at radius 1 is 1.36 bits per heavy atom. The number of hydrogen-bond donors (Lipinski definition) is 1. The van der Waals surface area contributed by atoms with E-state index in [0.29, 0.717) is 6.04 Å². The molecule has 118 valence electrons. The second-order valence-electron chi connectivity index (χ2n) is 6.31. The van der Waals surface area contributed by atoms with E-state index in [9.17, 15) is 4.79 Å². The molecule has 0 saturated heterocycles. The molecule has 2 aromatic heterocycles. The van der Waals surface area contributed by atoms with Crippen molar-refractivity contribution in [2.24, 2.45) is 5.92 Å². The zero-order chi connectivity index (χ0) is 15.5. The molecule has 1 amide bonds. The molecule has 0 spiro atoms. The van der Waals surface area contributed by atoms with Crippen molar-refractivity contribution in [3.05, 3.63) is 30.6 Å². The maximum Gasteiger partial charge on any atom is 0.234 e. The molecule has 4 nitrogen and oxygen atoms in total. The van der Waals surface area contributed by atoms with Gasteiger partial charge < -0.3 is 5.32 Å². The summed E-state index contributed by atoms with van der Waals surface area (Å²) >= 11 is 1.56. The Labute approximate surface area is 135 Å². The molecule has 0 radical (unpaired) electrons. The number of hydrogen-bond acceptors (Lipinski definition) is 3. The van der Waals surface area contributed by atoms with Gasteiger partial charge in [0.15, 0.2) is 5.16 Å². The largest absolute Gasteiger partial charge is 0.352 e. The minimum Gasteiger partial charge on any atom is -0.352 e. The predicted molar refractivity (Wildman–Crippen MR) is 90.1 cm³/mol. The van der Waals surface area contributed by atoms with Crippen LogP contribution in [0.4, 0.5) is 0 Å². The van der Waals surface area contributed by atoms with E-state index in [0.717, 1.165) is 23.5 Å². The number of imidazole rings is 1. The first-order valence-electron chi connectivity index (χ1n) is 8.04. The number of pyridine rings is 1. The van der Waals surface area contributed by atoms with Gasteiger partial charge in [-0.15, -0.1) is 0 Å². The number of carbonyl (C=O) groups is 1. The molecule has 2 aromatic rings. The smallest absolute Gasteiger partial charge is 0.234 e. The van der Waals surface area contributed by atoms with Gasteiger partial charge in [0.05, 0.1) is 17.0 Å². The van der Waals surface area contributed by atoms with Crippen LogP contribution in [0.5, 0.6) is 0 Å². The van der Waals surface area contributed by atoms with Crippen molar-refractivity contribution in [2.75, 3.05) is 0 Å². The van der Waals surface area contributed by atoms with Gasteiger partial charge >= 0.3 is 0 Å². The van der Waals surface area contributed by atoms with E-state index in [1.54, 1.807) is 11.8 Å². The summed E-state index contributed by atoms with van der Waals surface area (Å²) < 4.78 is 2.04. The van der Waals surface area contributed by atoms with Crippen LogP contribution >= 0.6 is 11.8 Å². The molecule has 1 fully saturated rings. The summed E-state index contributed by atoms with van der Waals surface area (Å²) in [7, 11) is 0. The number of nitrogens with zero attached hydrogens (tertiary/aromatic N) is 2. The van der Waals surface area contributed by atoms with E-state index >= 15 is 0 Å². The molecule has 1 atom stereocenters. The predicted octanol–water partition coefficient (Wildman–Crippen LogP) is 3.51. The number of rotatable bonds is 5. The normalized spacial score (nSPS) is 17.2. The fraction of sp³-hybridized carbons (Fsp3) is 0.529. The Hall–Kier alpha value is -1.49. The lowest BCUT2D eigenvalue weighted by Gasteiger charge is -2.21.